The molecule has 0 fully saturated rings. The number of benzene rings is 1. The maximum Gasteiger partial charge on any atom is 0.390 e. The van der Waals surface area contributed by atoms with E-state index >= 15 is 0 Å². The van der Waals surface area contributed by atoms with E-state index in [2.05, 4.69) is 5.32 Å². The average Bonchev–Trinajstić information content (AvgIpc) is 2.33. The predicted molar refractivity (Wildman–Crippen MR) is 62.0 cm³/mol. The number of methoxy groups -OCH3 is 1. The fraction of sp³-hybridized carbons (Fsp3) is 0.455. The van der Waals surface area contributed by atoms with Gasteiger partial charge in [-0.2, -0.15) is 13.2 Å². The number of nitrogens with one attached hydrogen (secondary N) is 1. The first-order valence-electron chi connectivity index (χ1n) is 5.42. The zero-order valence-corrected chi connectivity index (χ0v) is 10.2. The molecule has 0 aromatic heterocycles. The second-order valence-corrected chi connectivity index (χ2v) is 3.80. The van der Waals surface area contributed by atoms with Gasteiger partial charge in [0.05, 0.1) is 18.5 Å². The first kappa shape index (κ1) is 15.2. The molecule has 0 amide bonds. The predicted octanol–water partition coefficient (Wildman–Crippen LogP) is 2.65. The van der Waals surface area contributed by atoms with Crippen molar-refractivity contribution in [2.75, 3.05) is 13.7 Å². The minimum atomic E-state index is -4.22. The molecule has 1 aromatic rings. The normalized spacial score (nSPS) is 11.4. The molecule has 1 N–H and O–H groups in total. The highest BCUT2D eigenvalue weighted by atomic mass is 19.4. The summed E-state index contributed by atoms with van der Waals surface area (Å²) in [6.45, 7) is -0.184. The standard InChI is InChI=1S/C11H13F3N2O3/c1-19-10-3-2-9(16(17)18)6-8(10)7-15-5-4-11(12,13)14/h2-3,6,15H,4-5,7H2,1H3. The summed E-state index contributed by atoms with van der Waals surface area (Å²) in [5.41, 5.74) is 0.312. The van der Waals surface area contributed by atoms with E-state index in [-0.39, 0.29) is 18.8 Å². The molecule has 0 bridgehead atoms. The summed E-state index contributed by atoms with van der Waals surface area (Å²) in [7, 11) is 1.39. The van der Waals surface area contributed by atoms with Gasteiger partial charge in [-0.15, -0.1) is 0 Å². The van der Waals surface area contributed by atoms with Crippen LogP contribution in [0.15, 0.2) is 18.2 Å². The number of ether oxygens (including phenoxy) is 1. The maximum absolute atomic E-state index is 11.9. The van der Waals surface area contributed by atoms with E-state index in [0.717, 1.165) is 0 Å². The van der Waals surface area contributed by atoms with Crippen LogP contribution < -0.4 is 10.1 Å². The van der Waals surface area contributed by atoms with Crippen LogP contribution in [-0.4, -0.2) is 24.8 Å². The first-order valence-corrected chi connectivity index (χ1v) is 5.42. The Balaban J connectivity index is 2.65. The van der Waals surface area contributed by atoms with Crippen LogP contribution in [0.3, 0.4) is 0 Å². The molecule has 5 nitrogen and oxygen atoms in total. The number of nitro groups is 1. The Morgan fingerprint density at radius 2 is 2.11 bits per heavy atom. The summed E-state index contributed by atoms with van der Waals surface area (Å²) in [5, 5.41) is 13.2. The summed E-state index contributed by atoms with van der Waals surface area (Å²) in [6, 6.07) is 3.97. The van der Waals surface area contributed by atoms with Crippen molar-refractivity contribution < 1.29 is 22.8 Å². The summed E-state index contributed by atoms with van der Waals surface area (Å²) < 4.78 is 40.8. The van der Waals surface area contributed by atoms with Gasteiger partial charge in [0, 0.05) is 30.8 Å². The number of hydrogen-bond acceptors (Lipinski definition) is 4. The third kappa shape index (κ3) is 5.12. The minimum Gasteiger partial charge on any atom is -0.496 e. The molecule has 0 aliphatic heterocycles. The molecule has 1 aromatic carbocycles. The van der Waals surface area contributed by atoms with Crippen LogP contribution in [0.2, 0.25) is 0 Å². The molecule has 0 aliphatic rings. The highest BCUT2D eigenvalue weighted by Gasteiger charge is 2.26. The van der Waals surface area contributed by atoms with Crippen LogP contribution in [0.25, 0.3) is 0 Å². The fourth-order valence-electron chi connectivity index (χ4n) is 1.47. The number of nitrogens with zero attached hydrogens (tertiary/aromatic N) is 1. The first-order chi connectivity index (χ1) is 8.83. The highest BCUT2D eigenvalue weighted by molar-refractivity contribution is 5.43. The Labute approximate surface area is 107 Å². The fourth-order valence-corrected chi connectivity index (χ4v) is 1.47. The van der Waals surface area contributed by atoms with E-state index in [1.807, 2.05) is 0 Å². The molecular formula is C11H13F3N2O3. The number of hydrogen-bond donors (Lipinski definition) is 1. The van der Waals surface area contributed by atoms with Crippen molar-refractivity contribution in [2.45, 2.75) is 19.1 Å². The third-order valence-corrected chi connectivity index (χ3v) is 2.38. The minimum absolute atomic E-state index is 0.0704. The summed E-state index contributed by atoms with van der Waals surface area (Å²) in [4.78, 5) is 10.0. The Morgan fingerprint density at radius 3 is 2.63 bits per heavy atom. The molecule has 8 heteroatoms. The second-order valence-electron chi connectivity index (χ2n) is 3.80. The summed E-state index contributed by atoms with van der Waals surface area (Å²) in [6.07, 6.45) is -5.18. The van der Waals surface area contributed by atoms with Crippen molar-refractivity contribution in [1.29, 1.82) is 0 Å². The number of halogens is 3. The summed E-state index contributed by atoms with van der Waals surface area (Å²) in [5.74, 6) is 0.394. The van der Waals surface area contributed by atoms with Gasteiger partial charge in [0.1, 0.15) is 5.75 Å². The lowest BCUT2D eigenvalue weighted by molar-refractivity contribution is -0.384. The number of rotatable bonds is 6. The highest BCUT2D eigenvalue weighted by Crippen LogP contribution is 2.24. The number of nitro benzene ring substituents is 1. The van der Waals surface area contributed by atoms with Gasteiger partial charge >= 0.3 is 6.18 Å². The molecule has 1 rings (SSSR count). The molecular weight excluding hydrogens is 265 g/mol. The average molecular weight is 278 g/mol. The van der Waals surface area contributed by atoms with Crippen LogP contribution in [0.1, 0.15) is 12.0 Å². The topological polar surface area (TPSA) is 64.4 Å². The van der Waals surface area contributed by atoms with Gasteiger partial charge in [-0.05, 0) is 6.07 Å². The second kappa shape index (κ2) is 6.37. The van der Waals surface area contributed by atoms with E-state index in [1.165, 1.54) is 25.3 Å². The Morgan fingerprint density at radius 1 is 1.42 bits per heavy atom. The molecule has 0 radical (unpaired) electrons. The van der Waals surface area contributed by atoms with Crippen LogP contribution in [0, 0.1) is 10.1 Å². The number of alkyl halides is 3. The van der Waals surface area contributed by atoms with Gasteiger partial charge < -0.3 is 10.1 Å². The van der Waals surface area contributed by atoms with Crippen molar-refractivity contribution in [1.82, 2.24) is 5.32 Å². The third-order valence-electron chi connectivity index (χ3n) is 2.38. The zero-order chi connectivity index (χ0) is 14.5. The molecule has 106 valence electrons. The lowest BCUT2D eigenvalue weighted by Crippen LogP contribution is -2.21. The molecule has 0 atom stereocenters. The Hall–Kier alpha value is -1.83. The Kier molecular flexibility index (Phi) is 5.11. The van der Waals surface area contributed by atoms with Crippen molar-refractivity contribution in [3.63, 3.8) is 0 Å². The van der Waals surface area contributed by atoms with Gasteiger partial charge in [0.25, 0.3) is 5.69 Å². The molecule has 0 unspecified atom stereocenters. The van der Waals surface area contributed by atoms with Crippen molar-refractivity contribution >= 4 is 5.69 Å². The van der Waals surface area contributed by atoms with Crippen molar-refractivity contribution in [2.24, 2.45) is 0 Å². The molecule has 0 heterocycles. The van der Waals surface area contributed by atoms with Gasteiger partial charge in [0.15, 0.2) is 0 Å². The summed E-state index contributed by atoms with van der Waals surface area (Å²) >= 11 is 0. The van der Waals surface area contributed by atoms with E-state index in [1.54, 1.807) is 0 Å². The monoisotopic (exact) mass is 278 g/mol. The molecule has 19 heavy (non-hydrogen) atoms. The van der Waals surface area contributed by atoms with E-state index in [0.29, 0.717) is 11.3 Å². The molecule has 0 saturated carbocycles. The van der Waals surface area contributed by atoms with Crippen LogP contribution in [0.5, 0.6) is 5.75 Å². The van der Waals surface area contributed by atoms with E-state index in [9.17, 15) is 23.3 Å². The SMILES string of the molecule is COc1ccc([N+](=O)[O-])cc1CNCCC(F)(F)F. The molecule has 0 spiro atoms. The maximum atomic E-state index is 11.9. The zero-order valence-electron chi connectivity index (χ0n) is 10.2. The van der Waals surface area contributed by atoms with Crippen molar-refractivity contribution in [3.8, 4) is 5.75 Å². The van der Waals surface area contributed by atoms with Crippen LogP contribution >= 0.6 is 0 Å². The Bertz CT molecular complexity index is 449. The van der Waals surface area contributed by atoms with Crippen LogP contribution in [-0.2, 0) is 6.54 Å². The largest absolute Gasteiger partial charge is 0.496 e. The van der Waals surface area contributed by atoms with Crippen LogP contribution in [0.4, 0.5) is 18.9 Å². The lowest BCUT2D eigenvalue weighted by atomic mass is 10.1. The molecule has 0 aliphatic carbocycles. The van der Waals surface area contributed by atoms with E-state index < -0.39 is 17.5 Å². The van der Waals surface area contributed by atoms with Crippen molar-refractivity contribution in [3.05, 3.63) is 33.9 Å². The lowest BCUT2D eigenvalue weighted by Gasteiger charge is -2.10. The van der Waals surface area contributed by atoms with Gasteiger partial charge in [-0.3, -0.25) is 10.1 Å². The van der Waals surface area contributed by atoms with Gasteiger partial charge in [0.2, 0.25) is 0 Å². The number of non-ortho nitro benzene ring substituents is 1. The van der Waals surface area contributed by atoms with Gasteiger partial charge in [-0.25, -0.2) is 0 Å². The smallest absolute Gasteiger partial charge is 0.390 e. The van der Waals surface area contributed by atoms with E-state index in [4.69, 9.17) is 4.74 Å². The van der Waals surface area contributed by atoms with Gasteiger partial charge in [-0.1, -0.05) is 0 Å². The quantitative estimate of drug-likeness (QED) is 0.493. The molecule has 0 saturated heterocycles.